The average molecular weight is 331 g/mol. The van der Waals surface area contributed by atoms with E-state index in [-0.39, 0.29) is 5.78 Å². The SMILES string of the molecule is Cc1cc(Br)ccc1C(=O)c1cccc2ccsc12. The highest BCUT2D eigenvalue weighted by Gasteiger charge is 2.15. The third-order valence-electron chi connectivity index (χ3n) is 3.16. The van der Waals surface area contributed by atoms with Crippen molar-refractivity contribution in [1.82, 2.24) is 0 Å². The maximum Gasteiger partial charge on any atom is 0.194 e. The highest BCUT2D eigenvalue weighted by atomic mass is 79.9. The topological polar surface area (TPSA) is 17.1 Å². The molecule has 0 amide bonds. The van der Waals surface area contributed by atoms with E-state index in [1.165, 1.54) is 0 Å². The lowest BCUT2D eigenvalue weighted by atomic mass is 9.98. The molecule has 0 aliphatic carbocycles. The highest BCUT2D eigenvalue weighted by Crippen LogP contribution is 2.27. The standard InChI is InChI=1S/C16H11BrOS/c1-10-9-12(17)5-6-13(10)15(18)14-4-2-3-11-7-8-19-16(11)14/h2-9H,1H3. The minimum absolute atomic E-state index is 0.0954. The van der Waals surface area contributed by atoms with Gasteiger partial charge in [-0.15, -0.1) is 11.3 Å². The maximum atomic E-state index is 12.7. The summed E-state index contributed by atoms with van der Waals surface area (Å²) in [7, 11) is 0. The number of hydrogen-bond acceptors (Lipinski definition) is 2. The molecule has 0 aliphatic rings. The summed E-state index contributed by atoms with van der Waals surface area (Å²) in [4.78, 5) is 12.7. The van der Waals surface area contributed by atoms with Crippen molar-refractivity contribution < 1.29 is 4.79 Å². The van der Waals surface area contributed by atoms with Crippen LogP contribution in [0.4, 0.5) is 0 Å². The molecule has 1 aromatic heterocycles. The van der Waals surface area contributed by atoms with Crippen LogP contribution in [0.2, 0.25) is 0 Å². The van der Waals surface area contributed by atoms with Crippen LogP contribution in [-0.2, 0) is 0 Å². The highest BCUT2D eigenvalue weighted by molar-refractivity contribution is 9.10. The second kappa shape index (κ2) is 4.91. The van der Waals surface area contributed by atoms with E-state index in [9.17, 15) is 4.79 Å². The summed E-state index contributed by atoms with van der Waals surface area (Å²) in [6.07, 6.45) is 0. The van der Waals surface area contributed by atoms with Crippen LogP contribution in [0.1, 0.15) is 21.5 Å². The van der Waals surface area contributed by atoms with E-state index in [2.05, 4.69) is 15.9 Å². The first-order chi connectivity index (χ1) is 9.16. The summed E-state index contributed by atoms with van der Waals surface area (Å²) in [5.74, 6) is 0.0954. The normalized spacial score (nSPS) is 10.8. The molecule has 2 aromatic carbocycles. The number of aryl methyl sites for hydroxylation is 1. The van der Waals surface area contributed by atoms with E-state index in [1.807, 2.05) is 54.8 Å². The lowest BCUT2D eigenvalue weighted by molar-refractivity contribution is 0.104. The molecule has 19 heavy (non-hydrogen) atoms. The summed E-state index contributed by atoms with van der Waals surface area (Å²) in [6.45, 7) is 1.96. The monoisotopic (exact) mass is 330 g/mol. The fraction of sp³-hybridized carbons (Fsp3) is 0.0625. The maximum absolute atomic E-state index is 12.7. The Morgan fingerprint density at radius 1 is 1.11 bits per heavy atom. The van der Waals surface area contributed by atoms with Gasteiger partial charge in [-0.05, 0) is 53.6 Å². The third-order valence-corrected chi connectivity index (χ3v) is 4.61. The molecule has 0 saturated carbocycles. The number of carbonyl (C=O) groups is 1. The summed E-state index contributed by atoms with van der Waals surface area (Å²) in [6, 6.07) is 13.7. The Kier molecular flexibility index (Phi) is 3.25. The van der Waals surface area contributed by atoms with Crippen molar-refractivity contribution in [1.29, 1.82) is 0 Å². The van der Waals surface area contributed by atoms with Crippen molar-refractivity contribution in [3.63, 3.8) is 0 Å². The molecular formula is C16H11BrOS. The summed E-state index contributed by atoms with van der Waals surface area (Å²) < 4.78 is 2.06. The molecule has 0 fully saturated rings. The predicted octanol–water partition coefficient (Wildman–Crippen LogP) is 5.20. The van der Waals surface area contributed by atoms with Crippen LogP contribution in [0, 0.1) is 6.92 Å². The number of benzene rings is 2. The molecule has 0 atom stereocenters. The largest absolute Gasteiger partial charge is 0.289 e. The molecule has 0 aliphatic heterocycles. The first-order valence-electron chi connectivity index (χ1n) is 5.94. The lowest BCUT2D eigenvalue weighted by Crippen LogP contribution is -2.03. The number of hydrogen-bond donors (Lipinski definition) is 0. The second-order valence-electron chi connectivity index (χ2n) is 4.43. The molecule has 3 aromatic rings. The van der Waals surface area contributed by atoms with Gasteiger partial charge in [0.1, 0.15) is 0 Å². The van der Waals surface area contributed by atoms with Crippen LogP contribution in [-0.4, -0.2) is 5.78 Å². The van der Waals surface area contributed by atoms with Gasteiger partial charge in [-0.3, -0.25) is 4.79 Å². The molecule has 94 valence electrons. The summed E-state index contributed by atoms with van der Waals surface area (Å²) in [5.41, 5.74) is 2.55. The van der Waals surface area contributed by atoms with Crippen molar-refractivity contribution >= 4 is 43.1 Å². The van der Waals surface area contributed by atoms with E-state index >= 15 is 0 Å². The van der Waals surface area contributed by atoms with Crippen molar-refractivity contribution in [2.75, 3.05) is 0 Å². The van der Waals surface area contributed by atoms with Crippen LogP contribution in [0.25, 0.3) is 10.1 Å². The Morgan fingerprint density at radius 3 is 2.74 bits per heavy atom. The average Bonchev–Trinajstić information content (AvgIpc) is 2.86. The van der Waals surface area contributed by atoms with Gasteiger partial charge in [0.2, 0.25) is 0 Å². The van der Waals surface area contributed by atoms with Gasteiger partial charge in [-0.2, -0.15) is 0 Å². The van der Waals surface area contributed by atoms with Crippen molar-refractivity contribution in [3.05, 3.63) is 69.0 Å². The third kappa shape index (κ3) is 2.24. The van der Waals surface area contributed by atoms with Crippen LogP contribution in [0.5, 0.6) is 0 Å². The van der Waals surface area contributed by atoms with Gasteiger partial charge >= 0.3 is 0 Å². The molecule has 0 bridgehead atoms. The number of thiophene rings is 1. The number of ketones is 1. The van der Waals surface area contributed by atoms with Gasteiger partial charge in [-0.1, -0.05) is 28.1 Å². The first kappa shape index (κ1) is 12.6. The molecule has 3 rings (SSSR count). The van der Waals surface area contributed by atoms with E-state index in [4.69, 9.17) is 0 Å². The molecular weight excluding hydrogens is 320 g/mol. The minimum Gasteiger partial charge on any atom is -0.289 e. The van der Waals surface area contributed by atoms with Crippen molar-refractivity contribution in [2.45, 2.75) is 6.92 Å². The fourth-order valence-electron chi connectivity index (χ4n) is 2.20. The van der Waals surface area contributed by atoms with Crippen LogP contribution >= 0.6 is 27.3 Å². The zero-order valence-corrected chi connectivity index (χ0v) is 12.7. The van der Waals surface area contributed by atoms with Crippen LogP contribution < -0.4 is 0 Å². The molecule has 0 unspecified atom stereocenters. The Bertz CT molecular complexity index is 773. The smallest absolute Gasteiger partial charge is 0.194 e. The summed E-state index contributed by atoms with van der Waals surface area (Å²) >= 11 is 5.04. The van der Waals surface area contributed by atoms with E-state index < -0.39 is 0 Å². The Balaban J connectivity index is 2.16. The van der Waals surface area contributed by atoms with E-state index in [1.54, 1.807) is 11.3 Å². The van der Waals surface area contributed by atoms with Gasteiger partial charge < -0.3 is 0 Å². The number of rotatable bonds is 2. The first-order valence-corrected chi connectivity index (χ1v) is 7.61. The van der Waals surface area contributed by atoms with E-state index in [0.717, 1.165) is 31.2 Å². The predicted molar refractivity (Wildman–Crippen MR) is 84.1 cm³/mol. The molecule has 0 N–H and O–H groups in total. The van der Waals surface area contributed by atoms with Crippen molar-refractivity contribution in [3.8, 4) is 0 Å². The number of carbonyl (C=O) groups excluding carboxylic acids is 1. The fourth-order valence-corrected chi connectivity index (χ4v) is 3.58. The minimum atomic E-state index is 0.0954. The quantitative estimate of drug-likeness (QED) is 0.590. The molecule has 0 saturated heterocycles. The van der Waals surface area contributed by atoms with Crippen molar-refractivity contribution in [2.24, 2.45) is 0 Å². The van der Waals surface area contributed by atoms with Gasteiger partial charge in [0.25, 0.3) is 0 Å². The molecule has 3 heteroatoms. The van der Waals surface area contributed by atoms with Gasteiger partial charge in [0, 0.05) is 20.3 Å². The van der Waals surface area contributed by atoms with Crippen LogP contribution in [0.15, 0.2) is 52.3 Å². The Morgan fingerprint density at radius 2 is 1.95 bits per heavy atom. The van der Waals surface area contributed by atoms with Gasteiger partial charge in [-0.25, -0.2) is 0 Å². The number of fused-ring (bicyclic) bond motifs is 1. The van der Waals surface area contributed by atoms with E-state index in [0.29, 0.717) is 0 Å². The lowest BCUT2D eigenvalue weighted by Gasteiger charge is -2.06. The Hall–Kier alpha value is -1.45. The molecule has 0 spiro atoms. The molecule has 0 radical (unpaired) electrons. The van der Waals surface area contributed by atoms with Crippen LogP contribution in [0.3, 0.4) is 0 Å². The van der Waals surface area contributed by atoms with Gasteiger partial charge in [0.15, 0.2) is 5.78 Å². The van der Waals surface area contributed by atoms with Gasteiger partial charge in [0.05, 0.1) is 0 Å². The Labute approximate surface area is 124 Å². The zero-order chi connectivity index (χ0) is 13.4. The summed E-state index contributed by atoms with van der Waals surface area (Å²) in [5, 5.41) is 3.15. The molecule has 1 nitrogen and oxygen atoms in total. The number of halogens is 1. The zero-order valence-electron chi connectivity index (χ0n) is 10.3. The second-order valence-corrected chi connectivity index (χ2v) is 6.26. The molecule has 1 heterocycles.